The molecule has 0 aromatic rings. The van der Waals surface area contributed by atoms with E-state index in [4.69, 9.17) is 10.2 Å². The summed E-state index contributed by atoms with van der Waals surface area (Å²) in [6.07, 6.45) is -0.356. The van der Waals surface area contributed by atoms with Crippen molar-refractivity contribution in [2.45, 2.75) is 32.4 Å². The van der Waals surface area contributed by atoms with E-state index in [9.17, 15) is 0 Å². The lowest BCUT2D eigenvalue weighted by atomic mass is 10.1. The Hall–Kier alpha value is -0.120. The van der Waals surface area contributed by atoms with Gasteiger partial charge in [-0.25, -0.2) is 0 Å². The van der Waals surface area contributed by atoms with Gasteiger partial charge in [-0.3, -0.25) is 0 Å². The van der Waals surface area contributed by atoms with Gasteiger partial charge in [0, 0.05) is 12.1 Å². The standard InChI is InChI=1S/C7H17NO2/c1-6(10)4-8-7(2,3)5-9/h6,8-10H,4-5H2,1-3H3/t6-/m1/s1. The van der Waals surface area contributed by atoms with E-state index in [2.05, 4.69) is 5.32 Å². The monoisotopic (exact) mass is 147 g/mol. The number of hydrogen-bond donors (Lipinski definition) is 3. The minimum atomic E-state index is -0.356. The fourth-order valence-electron chi connectivity index (χ4n) is 0.480. The third-order valence-corrected chi connectivity index (χ3v) is 1.27. The second-order valence-corrected chi connectivity index (χ2v) is 3.27. The highest BCUT2D eigenvalue weighted by Gasteiger charge is 2.14. The van der Waals surface area contributed by atoms with Gasteiger partial charge in [-0.05, 0) is 20.8 Å². The topological polar surface area (TPSA) is 52.5 Å². The van der Waals surface area contributed by atoms with Crippen molar-refractivity contribution in [1.29, 1.82) is 0 Å². The summed E-state index contributed by atoms with van der Waals surface area (Å²) in [5.74, 6) is 0. The third-order valence-electron chi connectivity index (χ3n) is 1.27. The molecule has 0 saturated heterocycles. The second kappa shape index (κ2) is 3.91. The zero-order valence-corrected chi connectivity index (χ0v) is 6.89. The maximum absolute atomic E-state index is 8.87. The Bertz CT molecular complexity index is 91.6. The fraction of sp³-hybridized carbons (Fsp3) is 1.00. The molecule has 0 bridgehead atoms. The lowest BCUT2D eigenvalue weighted by Gasteiger charge is -2.24. The van der Waals surface area contributed by atoms with E-state index in [0.29, 0.717) is 6.54 Å². The normalized spacial score (nSPS) is 15.3. The molecule has 0 aliphatic carbocycles. The van der Waals surface area contributed by atoms with Crippen LogP contribution in [-0.2, 0) is 0 Å². The smallest absolute Gasteiger partial charge is 0.0636 e. The van der Waals surface area contributed by atoms with Gasteiger partial charge in [0.1, 0.15) is 0 Å². The first kappa shape index (κ1) is 9.88. The molecule has 0 radical (unpaired) electrons. The Morgan fingerprint density at radius 2 is 2.00 bits per heavy atom. The number of aliphatic hydroxyl groups excluding tert-OH is 2. The zero-order chi connectivity index (χ0) is 8.20. The summed E-state index contributed by atoms with van der Waals surface area (Å²) in [6, 6.07) is 0. The van der Waals surface area contributed by atoms with Crippen LogP contribution in [-0.4, -0.2) is 35.0 Å². The molecule has 0 aliphatic heterocycles. The van der Waals surface area contributed by atoms with Crippen molar-refractivity contribution in [3.63, 3.8) is 0 Å². The number of nitrogens with one attached hydrogen (secondary N) is 1. The second-order valence-electron chi connectivity index (χ2n) is 3.27. The van der Waals surface area contributed by atoms with Gasteiger partial charge in [0.2, 0.25) is 0 Å². The van der Waals surface area contributed by atoms with E-state index in [1.165, 1.54) is 0 Å². The van der Waals surface area contributed by atoms with Crippen LogP contribution in [0.3, 0.4) is 0 Å². The van der Waals surface area contributed by atoms with Crippen LogP contribution in [0.2, 0.25) is 0 Å². The van der Waals surface area contributed by atoms with Crippen LogP contribution in [0, 0.1) is 0 Å². The summed E-state index contributed by atoms with van der Waals surface area (Å²) in [5, 5.41) is 20.6. The van der Waals surface area contributed by atoms with Crippen molar-refractivity contribution >= 4 is 0 Å². The molecule has 3 heteroatoms. The summed E-state index contributed by atoms with van der Waals surface area (Å²) in [6.45, 7) is 6.08. The van der Waals surface area contributed by atoms with Crippen molar-refractivity contribution in [2.24, 2.45) is 0 Å². The molecule has 3 nitrogen and oxygen atoms in total. The molecule has 62 valence electrons. The Morgan fingerprint density at radius 1 is 1.50 bits per heavy atom. The summed E-state index contributed by atoms with van der Waals surface area (Å²) in [4.78, 5) is 0. The molecular formula is C7H17NO2. The summed E-state index contributed by atoms with van der Waals surface area (Å²) in [5.41, 5.74) is -0.281. The highest BCUT2D eigenvalue weighted by molar-refractivity contribution is 4.76. The van der Waals surface area contributed by atoms with Crippen molar-refractivity contribution in [3.05, 3.63) is 0 Å². The number of β-amino-alcohol motifs (C(OH)–C–C–N with tert-alkyl or cyclic N) is 1. The molecule has 0 spiro atoms. The molecule has 10 heavy (non-hydrogen) atoms. The maximum Gasteiger partial charge on any atom is 0.0636 e. The van der Waals surface area contributed by atoms with Gasteiger partial charge in [-0.15, -0.1) is 0 Å². The van der Waals surface area contributed by atoms with Gasteiger partial charge < -0.3 is 15.5 Å². The van der Waals surface area contributed by atoms with Gasteiger partial charge >= 0.3 is 0 Å². The number of rotatable bonds is 4. The van der Waals surface area contributed by atoms with Gasteiger partial charge in [-0.2, -0.15) is 0 Å². The molecule has 0 heterocycles. The molecule has 0 fully saturated rings. The summed E-state index contributed by atoms with van der Waals surface area (Å²) < 4.78 is 0. The summed E-state index contributed by atoms with van der Waals surface area (Å²) >= 11 is 0. The number of aliphatic hydroxyl groups is 2. The number of hydrogen-bond acceptors (Lipinski definition) is 3. The highest BCUT2D eigenvalue weighted by Crippen LogP contribution is 1.98. The lowest BCUT2D eigenvalue weighted by molar-refractivity contribution is 0.146. The van der Waals surface area contributed by atoms with E-state index in [-0.39, 0.29) is 18.2 Å². The van der Waals surface area contributed by atoms with E-state index < -0.39 is 0 Å². The molecule has 0 aromatic carbocycles. The van der Waals surface area contributed by atoms with Crippen molar-refractivity contribution < 1.29 is 10.2 Å². The molecule has 0 rings (SSSR count). The van der Waals surface area contributed by atoms with Gasteiger partial charge in [-0.1, -0.05) is 0 Å². The van der Waals surface area contributed by atoms with Crippen LogP contribution < -0.4 is 5.32 Å². The minimum Gasteiger partial charge on any atom is -0.394 e. The molecule has 0 aromatic heterocycles. The Kier molecular flexibility index (Phi) is 3.86. The van der Waals surface area contributed by atoms with Crippen LogP contribution in [0.15, 0.2) is 0 Å². The quantitative estimate of drug-likeness (QED) is 0.513. The van der Waals surface area contributed by atoms with Crippen LogP contribution in [0.4, 0.5) is 0 Å². The van der Waals surface area contributed by atoms with Crippen LogP contribution >= 0.6 is 0 Å². The first-order valence-electron chi connectivity index (χ1n) is 3.52. The van der Waals surface area contributed by atoms with E-state index in [1.54, 1.807) is 6.92 Å². The highest BCUT2D eigenvalue weighted by atomic mass is 16.3. The first-order chi connectivity index (χ1) is 4.48. The maximum atomic E-state index is 8.87. The molecule has 1 atom stereocenters. The van der Waals surface area contributed by atoms with Crippen molar-refractivity contribution in [1.82, 2.24) is 5.32 Å². The lowest BCUT2D eigenvalue weighted by Crippen LogP contribution is -2.45. The molecule has 0 amide bonds. The third kappa shape index (κ3) is 4.73. The van der Waals surface area contributed by atoms with Crippen LogP contribution in [0.1, 0.15) is 20.8 Å². The van der Waals surface area contributed by atoms with E-state index in [1.807, 2.05) is 13.8 Å². The predicted molar refractivity (Wildman–Crippen MR) is 40.8 cm³/mol. The van der Waals surface area contributed by atoms with Crippen molar-refractivity contribution in [3.8, 4) is 0 Å². The Balaban J connectivity index is 3.46. The first-order valence-corrected chi connectivity index (χ1v) is 3.52. The molecule has 3 N–H and O–H groups in total. The Labute approximate surface area is 62.1 Å². The molecule has 0 aliphatic rings. The average molecular weight is 147 g/mol. The SMILES string of the molecule is C[C@@H](O)CNC(C)(C)CO. The zero-order valence-electron chi connectivity index (χ0n) is 6.89. The van der Waals surface area contributed by atoms with Crippen LogP contribution in [0.25, 0.3) is 0 Å². The largest absolute Gasteiger partial charge is 0.394 e. The van der Waals surface area contributed by atoms with Gasteiger partial charge in [0.25, 0.3) is 0 Å². The average Bonchev–Trinajstić information content (AvgIpc) is 1.85. The van der Waals surface area contributed by atoms with Gasteiger partial charge in [0.15, 0.2) is 0 Å². The molecule has 0 unspecified atom stereocenters. The Morgan fingerprint density at radius 3 is 2.30 bits per heavy atom. The van der Waals surface area contributed by atoms with E-state index >= 15 is 0 Å². The van der Waals surface area contributed by atoms with Crippen LogP contribution in [0.5, 0.6) is 0 Å². The van der Waals surface area contributed by atoms with Crippen molar-refractivity contribution in [2.75, 3.05) is 13.2 Å². The predicted octanol–water partition coefficient (Wildman–Crippen LogP) is -0.272. The molecular weight excluding hydrogens is 130 g/mol. The van der Waals surface area contributed by atoms with E-state index in [0.717, 1.165) is 0 Å². The fourth-order valence-corrected chi connectivity index (χ4v) is 0.480. The molecule has 0 saturated carbocycles. The minimum absolute atomic E-state index is 0.0831. The van der Waals surface area contributed by atoms with Gasteiger partial charge in [0.05, 0.1) is 12.7 Å². The summed E-state index contributed by atoms with van der Waals surface area (Å²) in [7, 11) is 0.